The number of ether oxygens (including phenoxy) is 1. The molecule has 1 aromatic rings. The van der Waals surface area contributed by atoms with Gasteiger partial charge in [-0.3, -0.25) is 9.69 Å². The Hall–Kier alpha value is -1.39. The Morgan fingerprint density at radius 3 is 2.56 bits per heavy atom. The lowest BCUT2D eigenvalue weighted by atomic mass is 10.1. The van der Waals surface area contributed by atoms with Crippen LogP contribution in [0.25, 0.3) is 0 Å². The van der Waals surface area contributed by atoms with Crippen molar-refractivity contribution in [2.45, 2.75) is 0 Å². The third-order valence-corrected chi connectivity index (χ3v) is 2.73. The number of carbonyl (C=O) groups is 1. The molecule has 0 fully saturated rings. The highest BCUT2D eigenvalue weighted by Crippen LogP contribution is 2.13. The van der Waals surface area contributed by atoms with Gasteiger partial charge in [0.2, 0.25) is 0 Å². The summed E-state index contributed by atoms with van der Waals surface area (Å²) in [5, 5.41) is 0. The van der Waals surface area contributed by atoms with Crippen molar-refractivity contribution >= 4 is 5.78 Å². The molecule has 18 heavy (non-hydrogen) atoms. The maximum Gasteiger partial charge on any atom is 0.176 e. The fourth-order valence-electron chi connectivity index (χ4n) is 1.58. The van der Waals surface area contributed by atoms with Gasteiger partial charge >= 0.3 is 0 Å². The summed E-state index contributed by atoms with van der Waals surface area (Å²) in [6, 6.07) is 7.28. The molecule has 0 saturated carbocycles. The van der Waals surface area contributed by atoms with Crippen molar-refractivity contribution in [1.82, 2.24) is 9.80 Å². The number of hydrogen-bond acceptors (Lipinski definition) is 4. The molecular weight excluding hydrogens is 228 g/mol. The van der Waals surface area contributed by atoms with Gasteiger partial charge in [-0.15, -0.1) is 0 Å². The van der Waals surface area contributed by atoms with E-state index in [0.717, 1.165) is 18.8 Å². The Labute approximate surface area is 109 Å². The smallest absolute Gasteiger partial charge is 0.176 e. The van der Waals surface area contributed by atoms with E-state index in [1.165, 1.54) is 0 Å². The predicted octanol–water partition coefficient (Wildman–Crippen LogP) is 1.37. The minimum atomic E-state index is 0.121. The van der Waals surface area contributed by atoms with E-state index in [4.69, 9.17) is 4.74 Å². The fraction of sp³-hybridized carbons (Fsp3) is 0.500. The molecule has 0 amide bonds. The van der Waals surface area contributed by atoms with Crippen LogP contribution in [0.1, 0.15) is 10.4 Å². The molecule has 4 nitrogen and oxygen atoms in total. The number of methoxy groups -OCH3 is 1. The Morgan fingerprint density at radius 2 is 1.94 bits per heavy atom. The summed E-state index contributed by atoms with van der Waals surface area (Å²) in [7, 11) is 7.61. The zero-order valence-corrected chi connectivity index (χ0v) is 11.6. The summed E-state index contributed by atoms with van der Waals surface area (Å²) in [5.41, 5.74) is 0.700. The van der Waals surface area contributed by atoms with Gasteiger partial charge in [0.05, 0.1) is 13.7 Å². The quantitative estimate of drug-likeness (QED) is 0.684. The Morgan fingerprint density at radius 1 is 1.22 bits per heavy atom. The SMILES string of the molecule is COc1cccc(C(=O)CN(C)CCN(C)C)c1. The van der Waals surface area contributed by atoms with Crippen molar-refractivity contribution < 1.29 is 9.53 Å². The summed E-state index contributed by atoms with van der Waals surface area (Å²) in [5.74, 6) is 0.840. The van der Waals surface area contributed by atoms with Crippen molar-refractivity contribution in [2.24, 2.45) is 0 Å². The molecule has 0 heterocycles. The standard InChI is InChI=1S/C14H22N2O2/c1-15(2)8-9-16(3)11-14(17)12-6-5-7-13(10-12)18-4/h5-7,10H,8-9,11H2,1-4H3. The van der Waals surface area contributed by atoms with Crippen LogP contribution in [0.4, 0.5) is 0 Å². The molecule has 1 aromatic carbocycles. The molecule has 0 bridgehead atoms. The fourth-order valence-corrected chi connectivity index (χ4v) is 1.58. The lowest BCUT2D eigenvalue weighted by Gasteiger charge is -2.18. The molecule has 0 aliphatic carbocycles. The van der Waals surface area contributed by atoms with E-state index >= 15 is 0 Å². The van der Waals surface area contributed by atoms with Gasteiger partial charge in [-0.2, -0.15) is 0 Å². The summed E-state index contributed by atoms with van der Waals surface area (Å²) in [4.78, 5) is 16.2. The first-order valence-corrected chi connectivity index (χ1v) is 6.03. The van der Waals surface area contributed by atoms with Crippen LogP contribution in [0.3, 0.4) is 0 Å². The molecule has 100 valence electrons. The van der Waals surface area contributed by atoms with Gasteiger partial charge in [0, 0.05) is 18.7 Å². The second-order valence-electron chi connectivity index (χ2n) is 4.70. The molecule has 0 aliphatic rings. The monoisotopic (exact) mass is 250 g/mol. The normalized spacial score (nSPS) is 11.0. The van der Waals surface area contributed by atoms with Gasteiger partial charge in [-0.25, -0.2) is 0 Å². The first-order valence-electron chi connectivity index (χ1n) is 6.03. The minimum absolute atomic E-state index is 0.121. The van der Waals surface area contributed by atoms with Crippen LogP contribution >= 0.6 is 0 Å². The van der Waals surface area contributed by atoms with Gasteiger partial charge < -0.3 is 9.64 Å². The molecule has 4 heteroatoms. The maximum atomic E-state index is 12.1. The molecule has 0 N–H and O–H groups in total. The van der Waals surface area contributed by atoms with Crippen molar-refractivity contribution in [3.8, 4) is 5.75 Å². The van der Waals surface area contributed by atoms with E-state index in [-0.39, 0.29) is 5.78 Å². The van der Waals surface area contributed by atoms with E-state index in [0.29, 0.717) is 12.1 Å². The summed E-state index contributed by atoms with van der Waals surface area (Å²) in [6.45, 7) is 2.26. The zero-order valence-electron chi connectivity index (χ0n) is 11.6. The van der Waals surface area contributed by atoms with Gasteiger partial charge in [0.1, 0.15) is 5.75 Å². The highest BCUT2D eigenvalue weighted by Gasteiger charge is 2.10. The van der Waals surface area contributed by atoms with Crippen LogP contribution in [0.15, 0.2) is 24.3 Å². The lowest BCUT2D eigenvalue weighted by molar-refractivity contribution is 0.0942. The van der Waals surface area contributed by atoms with Gasteiger partial charge in [0.25, 0.3) is 0 Å². The largest absolute Gasteiger partial charge is 0.497 e. The molecule has 0 spiro atoms. The molecule has 0 unspecified atom stereocenters. The average molecular weight is 250 g/mol. The third kappa shape index (κ3) is 4.85. The van der Waals surface area contributed by atoms with Gasteiger partial charge in [0.15, 0.2) is 5.78 Å². The van der Waals surface area contributed by atoms with Crippen molar-refractivity contribution in [3.63, 3.8) is 0 Å². The number of likely N-dealkylation sites (N-methyl/N-ethyl adjacent to an activating group) is 2. The van der Waals surface area contributed by atoms with Crippen LogP contribution in [0.5, 0.6) is 5.75 Å². The highest BCUT2D eigenvalue weighted by molar-refractivity contribution is 5.97. The van der Waals surface area contributed by atoms with Crippen molar-refractivity contribution in [2.75, 3.05) is 47.9 Å². The second-order valence-corrected chi connectivity index (χ2v) is 4.70. The van der Waals surface area contributed by atoms with Crippen LogP contribution < -0.4 is 4.74 Å². The van der Waals surface area contributed by atoms with E-state index in [9.17, 15) is 4.79 Å². The van der Waals surface area contributed by atoms with Gasteiger partial charge in [-0.1, -0.05) is 12.1 Å². The van der Waals surface area contributed by atoms with Crippen LogP contribution in [-0.2, 0) is 0 Å². The highest BCUT2D eigenvalue weighted by atomic mass is 16.5. The third-order valence-electron chi connectivity index (χ3n) is 2.73. The summed E-state index contributed by atoms with van der Waals surface area (Å²) in [6.07, 6.45) is 0. The predicted molar refractivity (Wildman–Crippen MR) is 73.4 cm³/mol. The first-order chi connectivity index (χ1) is 8.52. The molecule has 0 radical (unpaired) electrons. The van der Waals surface area contributed by atoms with Crippen LogP contribution in [-0.4, -0.2) is 63.5 Å². The average Bonchev–Trinajstić information content (AvgIpc) is 2.36. The van der Waals surface area contributed by atoms with Crippen LogP contribution in [0, 0.1) is 0 Å². The second kappa shape index (κ2) is 7.13. The Kier molecular flexibility index (Phi) is 5.82. The molecule has 0 saturated heterocycles. The maximum absolute atomic E-state index is 12.1. The van der Waals surface area contributed by atoms with E-state index < -0.39 is 0 Å². The number of Topliss-reactive ketones (excluding diaryl/α,β-unsaturated/α-hetero) is 1. The number of carbonyl (C=O) groups excluding carboxylic acids is 1. The number of ketones is 1. The Balaban J connectivity index is 2.53. The van der Waals surface area contributed by atoms with E-state index in [1.54, 1.807) is 13.2 Å². The van der Waals surface area contributed by atoms with Gasteiger partial charge in [-0.05, 0) is 33.3 Å². The lowest BCUT2D eigenvalue weighted by Crippen LogP contribution is -2.32. The van der Waals surface area contributed by atoms with E-state index in [1.807, 2.05) is 44.2 Å². The number of hydrogen-bond donors (Lipinski definition) is 0. The Bertz CT molecular complexity index is 391. The van der Waals surface area contributed by atoms with E-state index in [2.05, 4.69) is 4.90 Å². The molecular formula is C14H22N2O2. The zero-order chi connectivity index (χ0) is 13.5. The van der Waals surface area contributed by atoms with Crippen molar-refractivity contribution in [3.05, 3.63) is 29.8 Å². The topological polar surface area (TPSA) is 32.8 Å². The first kappa shape index (κ1) is 14.7. The summed E-state index contributed by atoms with van der Waals surface area (Å²) >= 11 is 0. The molecule has 0 atom stereocenters. The number of nitrogens with zero attached hydrogens (tertiary/aromatic N) is 2. The van der Waals surface area contributed by atoms with Crippen LogP contribution in [0.2, 0.25) is 0 Å². The number of benzene rings is 1. The van der Waals surface area contributed by atoms with Crippen molar-refractivity contribution in [1.29, 1.82) is 0 Å². The molecule has 1 rings (SSSR count). The number of rotatable bonds is 7. The minimum Gasteiger partial charge on any atom is -0.497 e. The summed E-state index contributed by atoms with van der Waals surface area (Å²) < 4.78 is 5.12. The molecule has 0 aliphatic heterocycles. The molecule has 0 aromatic heterocycles.